The van der Waals surface area contributed by atoms with Crippen molar-refractivity contribution in [1.82, 2.24) is 34.7 Å². The first-order valence-corrected chi connectivity index (χ1v) is 11.8. The number of methoxy groups -OCH3 is 2. The summed E-state index contributed by atoms with van der Waals surface area (Å²) in [5, 5.41) is 7.24. The highest BCUT2D eigenvalue weighted by Crippen LogP contribution is 2.37. The van der Waals surface area contributed by atoms with Crippen LogP contribution in [-0.2, 0) is 16.4 Å². The van der Waals surface area contributed by atoms with Gasteiger partial charge < -0.3 is 9.47 Å². The molecule has 35 heavy (non-hydrogen) atoms. The van der Waals surface area contributed by atoms with Crippen LogP contribution in [0.4, 0.5) is 10.3 Å². The highest BCUT2D eigenvalue weighted by molar-refractivity contribution is 7.93. The van der Waals surface area contributed by atoms with E-state index in [-0.39, 0.29) is 24.0 Å². The number of hydrogen-bond acceptors (Lipinski definition) is 10. The summed E-state index contributed by atoms with van der Waals surface area (Å²) in [6, 6.07) is 5.10. The van der Waals surface area contributed by atoms with Gasteiger partial charge in [-0.05, 0) is 19.1 Å². The molecule has 0 aliphatic rings. The highest BCUT2D eigenvalue weighted by Gasteiger charge is 2.28. The summed E-state index contributed by atoms with van der Waals surface area (Å²) in [5.74, 6) is 0.397. The Bertz CT molecular complexity index is 1390. The Labute approximate surface area is 200 Å². The zero-order valence-electron chi connectivity index (χ0n) is 19.0. The molecule has 14 heteroatoms. The molecule has 0 unspecified atom stereocenters. The summed E-state index contributed by atoms with van der Waals surface area (Å²) in [4.78, 5) is 16.0. The van der Waals surface area contributed by atoms with Gasteiger partial charge in [-0.15, -0.1) is 10.2 Å². The molecule has 0 radical (unpaired) electrons. The van der Waals surface area contributed by atoms with Crippen LogP contribution in [0.3, 0.4) is 0 Å². The summed E-state index contributed by atoms with van der Waals surface area (Å²) < 4.78 is 54.4. The van der Waals surface area contributed by atoms with E-state index in [1.807, 2.05) is 0 Å². The molecule has 1 N–H and O–H groups in total. The van der Waals surface area contributed by atoms with Gasteiger partial charge in [-0.1, -0.05) is 6.07 Å². The maximum absolute atomic E-state index is 13.2. The average Bonchev–Trinajstić information content (AvgIpc) is 3.27. The Kier molecular flexibility index (Phi) is 6.82. The topological polar surface area (TPSA) is 147 Å². The number of benzene rings is 1. The minimum Gasteiger partial charge on any atom is -0.494 e. The molecule has 0 amide bonds. The molecule has 1 atom stereocenters. The van der Waals surface area contributed by atoms with Gasteiger partial charge in [0.1, 0.15) is 28.7 Å². The standard InChI is InChI=1S/C21H21FN8O4S/c1-13(9-18-25-10-14(22)11-26-18)35(31,32)29-21-28-27-20(15-12-23-7-8-24-15)30(21)19-16(33-2)5-4-6-17(19)34-3/h4-8,10-13H,9H2,1-3H3,(H,28,29)/t13-/m0/s1. The van der Waals surface area contributed by atoms with Crippen molar-refractivity contribution in [2.24, 2.45) is 0 Å². The molecule has 0 aliphatic carbocycles. The number of aromatic nitrogens is 7. The second-order valence-corrected chi connectivity index (χ2v) is 9.36. The van der Waals surface area contributed by atoms with Crippen molar-refractivity contribution in [3.05, 3.63) is 60.8 Å². The van der Waals surface area contributed by atoms with Gasteiger partial charge in [0.15, 0.2) is 11.6 Å². The number of halogens is 1. The van der Waals surface area contributed by atoms with Gasteiger partial charge in [0.2, 0.25) is 16.0 Å². The number of anilines is 1. The minimum absolute atomic E-state index is 0.0568. The second kappa shape index (κ2) is 9.97. The molecule has 0 aliphatic heterocycles. The first-order chi connectivity index (χ1) is 16.8. The lowest BCUT2D eigenvalue weighted by Crippen LogP contribution is -2.29. The predicted molar refractivity (Wildman–Crippen MR) is 123 cm³/mol. The van der Waals surface area contributed by atoms with Crippen molar-refractivity contribution in [2.75, 3.05) is 18.9 Å². The zero-order valence-corrected chi connectivity index (χ0v) is 19.8. The summed E-state index contributed by atoms with van der Waals surface area (Å²) in [7, 11) is -1.08. The molecule has 1 aromatic carbocycles. The Hall–Kier alpha value is -4.20. The van der Waals surface area contributed by atoms with Crippen LogP contribution >= 0.6 is 0 Å². The largest absolute Gasteiger partial charge is 0.494 e. The number of ether oxygens (including phenoxy) is 2. The molecule has 0 spiro atoms. The first kappa shape index (κ1) is 23.9. The molecule has 182 valence electrons. The molecule has 12 nitrogen and oxygen atoms in total. The van der Waals surface area contributed by atoms with Crippen molar-refractivity contribution in [3.63, 3.8) is 0 Å². The summed E-state index contributed by atoms with van der Waals surface area (Å²) in [6.07, 6.45) is 6.34. The molecule has 0 saturated carbocycles. The van der Waals surface area contributed by atoms with E-state index in [9.17, 15) is 12.8 Å². The number of nitrogens with zero attached hydrogens (tertiary/aromatic N) is 7. The molecule has 0 saturated heterocycles. The Morgan fingerprint density at radius 3 is 2.31 bits per heavy atom. The van der Waals surface area contributed by atoms with Crippen molar-refractivity contribution >= 4 is 16.0 Å². The Balaban J connectivity index is 1.79. The van der Waals surface area contributed by atoms with Crippen LogP contribution in [0.2, 0.25) is 0 Å². The van der Waals surface area contributed by atoms with Gasteiger partial charge in [0.25, 0.3) is 0 Å². The van der Waals surface area contributed by atoms with Crippen LogP contribution < -0.4 is 14.2 Å². The van der Waals surface area contributed by atoms with Gasteiger partial charge in [0, 0.05) is 18.8 Å². The lowest BCUT2D eigenvalue weighted by atomic mass is 10.2. The number of para-hydroxylation sites is 1. The van der Waals surface area contributed by atoms with Crippen LogP contribution in [0, 0.1) is 5.82 Å². The predicted octanol–water partition coefficient (Wildman–Crippen LogP) is 2.04. The fourth-order valence-corrected chi connectivity index (χ4v) is 4.19. The minimum atomic E-state index is -4.02. The Morgan fingerprint density at radius 2 is 1.71 bits per heavy atom. The van der Waals surface area contributed by atoms with Gasteiger partial charge in [0.05, 0.1) is 38.1 Å². The van der Waals surface area contributed by atoms with Crippen LogP contribution in [0.1, 0.15) is 12.7 Å². The molecule has 0 bridgehead atoms. The molecule has 4 aromatic rings. The van der Waals surface area contributed by atoms with Crippen LogP contribution in [0.25, 0.3) is 17.2 Å². The Morgan fingerprint density at radius 1 is 1.03 bits per heavy atom. The van der Waals surface area contributed by atoms with Crippen molar-refractivity contribution in [1.29, 1.82) is 0 Å². The fourth-order valence-electron chi connectivity index (χ4n) is 3.23. The van der Waals surface area contributed by atoms with Crippen molar-refractivity contribution in [2.45, 2.75) is 18.6 Å². The van der Waals surface area contributed by atoms with E-state index in [1.54, 1.807) is 18.2 Å². The van der Waals surface area contributed by atoms with Crippen molar-refractivity contribution < 1.29 is 22.3 Å². The van der Waals surface area contributed by atoms with E-state index in [2.05, 4.69) is 34.9 Å². The lowest BCUT2D eigenvalue weighted by molar-refractivity contribution is 0.391. The van der Waals surface area contributed by atoms with Gasteiger partial charge in [-0.2, -0.15) is 0 Å². The quantitative estimate of drug-likeness (QED) is 0.362. The van der Waals surface area contributed by atoms with E-state index in [0.29, 0.717) is 22.9 Å². The lowest BCUT2D eigenvalue weighted by Gasteiger charge is -2.18. The third-order valence-electron chi connectivity index (χ3n) is 4.99. The summed E-state index contributed by atoms with van der Waals surface area (Å²) in [6.45, 7) is 1.48. The van der Waals surface area contributed by atoms with Gasteiger partial charge in [-0.3, -0.25) is 14.3 Å². The second-order valence-electron chi connectivity index (χ2n) is 7.26. The zero-order chi connectivity index (χ0) is 25.0. The number of nitrogens with one attached hydrogen (secondary N) is 1. The van der Waals surface area contributed by atoms with E-state index in [4.69, 9.17) is 9.47 Å². The molecular formula is C21H21FN8O4S. The van der Waals surface area contributed by atoms with Crippen LogP contribution in [0.5, 0.6) is 11.5 Å². The first-order valence-electron chi connectivity index (χ1n) is 10.2. The SMILES string of the molecule is COc1cccc(OC)c1-n1c(NS(=O)(=O)[C@@H](C)Cc2ncc(F)cn2)nnc1-c1cnccn1. The smallest absolute Gasteiger partial charge is 0.243 e. The van der Waals surface area contributed by atoms with Crippen LogP contribution in [0.15, 0.2) is 49.2 Å². The maximum Gasteiger partial charge on any atom is 0.243 e. The van der Waals surface area contributed by atoms with Crippen molar-refractivity contribution in [3.8, 4) is 28.7 Å². The average molecular weight is 501 g/mol. The number of hydrogen-bond donors (Lipinski definition) is 1. The van der Waals surface area contributed by atoms with E-state index in [1.165, 1.54) is 44.3 Å². The summed E-state index contributed by atoms with van der Waals surface area (Å²) in [5.41, 5.74) is 0.696. The maximum atomic E-state index is 13.2. The highest BCUT2D eigenvalue weighted by atomic mass is 32.2. The van der Waals surface area contributed by atoms with Gasteiger partial charge in [-0.25, -0.2) is 27.8 Å². The van der Waals surface area contributed by atoms with Gasteiger partial charge >= 0.3 is 0 Å². The monoisotopic (exact) mass is 500 g/mol. The molecule has 3 aromatic heterocycles. The molecule has 4 rings (SSSR count). The molecule has 3 heterocycles. The van der Waals surface area contributed by atoms with E-state index < -0.39 is 21.1 Å². The third-order valence-corrected chi connectivity index (χ3v) is 6.68. The van der Waals surface area contributed by atoms with E-state index in [0.717, 1.165) is 12.4 Å². The molecule has 0 fully saturated rings. The third kappa shape index (κ3) is 5.01. The number of rotatable bonds is 9. The molecular weight excluding hydrogens is 479 g/mol. The van der Waals surface area contributed by atoms with E-state index >= 15 is 0 Å². The number of sulfonamides is 1. The normalized spacial score (nSPS) is 12.2. The van der Waals surface area contributed by atoms with Crippen LogP contribution in [-0.4, -0.2) is 62.6 Å². The summed E-state index contributed by atoms with van der Waals surface area (Å²) >= 11 is 0. The fraction of sp³-hybridized carbons (Fsp3) is 0.238.